The number of para-hydroxylation sites is 5. The van der Waals surface area contributed by atoms with Crippen molar-refractivity contribution in [2.45, 2.75) is 0 Å². The van der Waals surface area contributed by atoms with Crippen molar-refractivity contribution < 1.29 is 0 Å². The summed E-state index contributed by atoms with van der Waals surface area (Å²) in [6.07, 6.45) is 0. The summed E-state index contributed by atoms with van der Waals surface area (Å²) in [6.45, 7) is 0. The van der Waals surface area contributed by atoms with Gasteiger partial charge in [0.25, 0.3) is 0 Å². The maximum absolute atomic E-state index is 10.5. The fourth-order valence-electron chi connectivity index (χ4n) is 7.99. The minimum absolute atomic E-state index is 0.589. The van der Waals surface area contributed by atoms with Crippen molar-refractivity contribution in [2.24, 2.45) is 0 Å². The van der Waals surface area contributed by atoms with E-state index < -0.39 is 0 Å². The van der Waals surface area contributed by atoms with E-state index in [4.69, 9.17) is 0 Å². The molecule has 0 atom stereocenters. The van der Waals surface area contributed by atoms with Crippen LogP contribution in [-0.4, -0.2) is 13.7 Å². The molecule has 49 heavy (non-hydrogen) atoms. The van der Waals surface area contributed by atoms with E-state index in [2.05, 4.69) is 117 Å². The molecule has 0 saturated heterocycles. The van der Waals surface area contributed by atoms with Gasteiger partial charge >= 0.3 is 0 Å². The minimum atomic E-state index is 0.589. The quantitative estimate of drug-likeness (QED) is 0.197. The monoisotopic (exact) mass is 623 g/mol. The number of hydrogen-bond acceptors (Lipinski definition) is 2. The molecule has 0 amide bonds. The number of nitrogens with zero attached hydrogens (tertiary/aromatic N) is 5. The van der Waals surface area contributed by atoms with Crippen LogP contribution in [0.2, 0.25) is 0 Å². The van der Waals surface area contributed by atoms with Crippen molar-refractivity contribution in [2.75, 3.05) is 0 Å². The van der Waals surface area contributed by atoms with Crippen molar-refractivity contribution in [1.82, 2.24) is 13.7 Å². The Morgan fingerprint density at radius 2 is 0.878 bits per heavy atom. The predicted octanol–water partition coefficient (Wildman–Crippen LogP) is 10.7. The fourth-order valence-corrected chi connectivity index (χ4v) is 7.99. The van der Waals surface area contributed by atoms with E-state index in [1.807, 2.05) is 60.7 Å². The van der Waals surface area contributed by atoms with Crippen LogP contribution in [0.3, 0.4) is 0 Å². The number of fused-ring (bicyclic) bond motifs is 11. The lowest BCUT2D eigenvalue weighted by Crippen LogP contribution is -1.98. The van der Waals surface area contributed by atoms with Crippen LogP contribution in [0.5, 0.6) is 0 Å². The van der Waals surface area contributed by atoms with E-state index >= 15 is 0 Å². The molecule has 10 aromatic rings. The first-order valence-electron chi connectivity index (χ1n) is 16.3. The molecule has 3 heterocycles. The summed E-state index contributed by atoms with van der Waals surface area (Å²) in [7, 11) is 0. The summed E-state index contributed by atoms with van der Waals surface area (Å²) in [5.74, 6) is 0. The molecule has 226 valence electrons. The molecule has 0 unspecified atom stereocenters. The van der Waals surface area contributed by atoms with Gasteiger partial charge in [0.15, 0.2) is 0 Å². The first-order chi connectivity index (χ1) is 24.3. The maximum atomic E-state index is 10.5. The van der Waals surface area contributed by atoms with Crippen LogP contribution in [-0.2, 0) is 0 Å². The van der Waals surface area contributed by atoms with Gasteiger partial charge in [-0.25, -0.2) is 0 Å². The highest BCUT2D eigenvalue weighted by Crippen LogP contribution is 2.46. The Hall–Kier alpha value is -7.08. The SMILES string of the molecule is N#Cc1ccccc1-n1c2c(ccc3c2c2ccccc2n3-c2ccccc2)c2ccc3c(c4cccc(C#N)c4n3-c3ccccc3)c21. The average Bonchev–Trinajstić information content (AvgIpc) is 3.81. The third-order valence-electron chi connectivity index (χ3n) is 9.89. The molecule has 5 nitrogen and oxygen atoms in total. The first kappa shape index (κ1) is 27.1. The van der Waals surface area contributed by atoms with Crippen LogP contribution in [0.25, 0.3) is 82.5 Å². The van der Waals surface area contributed by atoms with Crippen molar-refractivity contribution in [3.63, 3.8) is 0 Å². The molecule has 3 aromatic heterocycles. The minimum Gasteiger partial charge on any atom is -0.309 e. The van der Waals surface area contributed by atoms with E-state index in [1.54, 1.807) is 0 Å². The van der Waals surface area contributed by atoms with Gasteiger partial charge in [0, 0.05) is 43.7 Å². The molecular weight excluding hydrogens is 599 g/mol. The van der Waals surface area contributed by atoms with Crippen molar-refractivity contribution in [3.05, 3.63) is 163 Å². The molecule has 0 N–H and O–H groups in total. The maximum Gasteiger partial charge on any atom is 0.101 e. The van der Waals surface area contributed by atoms with Crippen LogP contribution in [0.1, 0.15) is 11.1 Å². The first-order valence-corrected chi connectivity index (χ1v) is 16.3. The summed E-state index contributed by atoms with van der Waals surface area (Å²) in [5.41, 5.74) is 10.2. The van der Waals surface area contributed by atoms with Crippen LogP contribution in [0.15, 0.2) is 152 Å². The lowest BCUT2D eigenvalue weighted by molar-refractivity contribution is 1.17. The van der Waals surface area contributed by atoms with Gasteiger partial charge in [0.1, 0.15) is 12.1 Å². The molecule has 0 aliphatic carbocycles. The van der Waals surface area contributed by atoms with E-state index in [0.717, 1.165) is 82.5 Å². The van der Waals surface area contributed by atoms with Gasteiger partial charge in [0.2, 0.25) is 0 Å². The molecular formula is C44H25N5. The highest BCUT2D eigenvalue weighted by Gasteiger charge is 2.26. The van der Waals surface area contributed by atoms with Crippen LogP contribution < -0.4 is 0 Å². The summed E-state index contributed by atoms with van der Waals surface area (Å²) in [5, 5.41) is 27.3. The third kappa shape index (κ3) is 3.62. The summed E-state index contributed by atoms with van der Waals surface area (Å²) >= 11 is 0. The number of hydrogen-bond donors (Lipinski definition) is 0. The zero-order valence-corrected chi connectivity index (χ0v) is 26.2. The summed E-state index contributed by atoms with van der Waals surface area (Å²) < 4.78 is 6.85. The van der Waals surface area contributed by atoms with E-state index in [9.17, 15) is 10.5 Å². The van der Waals surface area contributed by atoms with Crippen LogP contribution in [0, 0.1) is 22.7 Å². The molecule has 0 spiro atoms. The smallest absolute Gasteiger partial charge is 0.101 e. The van der Waals surface area contributed by atoms with Gasteiger partial charge in [0.05, 0.1) is 49.9 Å². The summed E-state index contributed by atoms with van der Waals surface area (Å²) in [6, 6.07) is 56.9. The van der Waals surface area contributed by atoms with Crippen molar-refractivity contribution in [3.8, 4) is 29.2 Å². The van der Waals surface area contributed by atoms with E-state index in [0.29, 0.717) is 11.1 Å². The standard InChI is InChI=1S/C44H25N5/c45-26-28-12-7-9-20-36(28)49-43-32(22-24-38-40(43)34-18-8-10-21-37(34)47(38)30-14-3-1-4-15-30)33-23-25-39-41(44(33)49)35-19-11-13-29(27-46)42(35)48(39)31-16-5-2-6-17-31/h1-25H. The molecule has 0 bridgehead atoms. The Kier molecular flexibility index (Phi) is 5.64. The molecule has 0 fully saturated rings. The molecule has 0 aliphatic heterocycles. The number of aromatic nitrogens is 3. The molecule has 0 radical (unpaired) electrons. The highest BCUT2D eigenvalue weighted by atomic mass is 15.0. The van der Waals surface area contributed by atoms with Gasteiger partial charge in [-0.2, -0.15) is 10.5 Å². The average molecular weight is 624 g/mol. The Morgan fingerprint density at radius 3 is 1.57 bits per heavy atom. The Morgan fingerprint density at radius 1 is 0.347 bits per heavy atom. The van der Waals surface area contributed by atoms with Crippen molar-refractivity contribution in [1.29, 1.82) is 10.5 Å². The van der Waals surface area contributed by atoms with Gasteiger partial charge in [-0.1, -0.05) is 91.0 Å². The molecule has 5 heteroatoms. The van der Waals surface area contributed by atoms with Crippen LogP contribution in [0.4, 0.5) is 0 Å². The zero-order chi connectivity index (χ0) is 32.6. The molecule has 10 rings (SSSR count). The molecule has 0 saturated carbocycles. The normalized spacial score (nSPS) is 11.6. The Labute approximate surface area is 280 Å². The van der Waals surface area contributed by atoms with E-state index in [1.165, 1.54) is 0 Å². The Bertz CT molecular complexity index is 3050. The van der Waals surface area contributed by atoms with Gasteiger partial charge in [-0.05, 0) is 60.7 Å². The second-order valence-electron chi connectivity index (χ2n) is 12.3. The third-order valence-corrected chi connectivity index (χ3v) is 9.89. The summed E-state index contributed by atoms with van der Waals surface area (Å²) in [4.78, 5) is 0. The largest absolute Gasteiger partial charge is 0.309 e. The van der Waals surface area contributed by atoms with E-state index in [-0.39, 0.29) is 0 Å². The van der Waals surface area contributed by atoms with Gasteiger partial charge in [-0.3, -0.25) is 0 Å². The van der Waals surface area contributed by atoms with Gasteiger partial charge in [-0.15, -0.1) is 0 Å². The lowest BCUT2D eigenvalue weighted by atomic mass is 10.1. The predicted molar refractivity (Wildman–Crippen MR) is 199 cm³/mol. The fraction of sp³-hybridized carbons (Fsp3) is 0. The second-order valence-corrected chi connectivity index (χ2v) is 12.3. The Balaban J connectivity index is 1.51. The zero-order valence-electron chi connectivity index (χ0n) is 26.2. The topological polar surface area (TPSA) is 62.4 Å². The number of rotatable bonds is 3. The molecule has 7 aromatic carbocycles. The van der Waals surface area contributed by atoms with Crippen molar-refractivity contribution >= 4 is 65.4 Å². The lowest BCUT2D eigenvalue weighted by Gasteiger charge is -2.12. The van der Waals surface area contributed by atoms with Gasteiger partial charge < -0.3 is 13.7 Å². The highest BCUT2D eigenvalue weighted by molar-refractivity contribution is 6.31. The molecule has 0 aliphatic rings. The second kappa shape index (κ2) is 10.2. The number of benzene rings is 7. The van der Waals surface area contributed by atoms with Crippen LogP contribution >= 0.6 is 0 Å². The number of nitriles is 2.